The van der Waals surface area contributed by atoms with Crippen molar-refractivity contribution in [3.05, 3.63) is 84.6 Å². The van der Waals surface area contributed by atoms with Crippen LogP contribution in [0.2, 0.25) is 0 Å². The minimum atomic E-state index is -0.289. The molecule has 0 aromatic carbocycles. The number of allylic oxidation sites excluding steroid dienone is 13. The van der Waals surface area contributed by atoms with Crippen molar-refractivity contribution < 1.29 is 9.53 Å². The minimum absolute atomic E-state index is 0.289. The third kappa shape index (κ3) is 19.8. The van der Waals surface area contributed by atoms with Crippen molar-refractivity contribution in [2.45, 2.75) is 59.3 Å². The molecule has 0 aromatic rings. The number of hydrogen-bond donors (Lipinski definition) is 0. The Balaban J connectivity index is 3.75. The van der Waals surface area contributed by atoms with Gasteiger partial charge in [0, 0.05) is 6.08 Å². The maximum absolute atomic E-state index is 11.3. The van der Waals surface area contributed by atoms with Crippen LogP contribution >= 0.6 is 0 Å². The van der Waals surface area contributed by atoms with Crippen LogP contribution in [0.1, 0.15) is 59.3 Å². The Morgan fingerprint density at radius 1 is 0.741 bits per heavy atom. The van der Waals surface area contributed by atoms with Crippen LogP contribution in [0.4, 0.5) is 0 Å². The van der Waals surface area contributed by atoms with Gasteiger partial charge < -0.3 is 4.74 Å². The lowest BCUT2D eigenvalue weighted by Gasteiger charge is -1.95. The number of unbranched alkanes of at least 4 members (excludes halogenated alkanes) is 1. The van der Waals surface area contributed by atoms with E-state index in [4.69, 9.17) is 4.74 Å². The molecule has 0 aliphatic rings. The van der Waals surface area contributed by atoms with E-state index in [1.54, 1.807) is 6.92 Å². The zero-order valence-corrected chi connectivity index (χ0v) is 17.3. The molecule has 0 saturated heterocycles. The second-order valence-electron chi connectivity index (χ2n) is 6.01. The molecular weight excluding hydrogens is 332 g/mol. The molecule has 0 aromatic heterocycles. The normalized spacial score (nSPS) is 13.5. The fourth-order valence-corrected chi connectivity index (χ4v) is 2.09. The largest absolute Gasteiger partial charge is 0.463 e. The van der Waals surface area contributed by atoms with Crippen molar-refractivity contribution in [2.75, 3.05) is 6.61 Å². The summed E-state index contributed by atoms with van der Waals surface area (Å²) in [6, 6.07) is 0. The van der Waals surface area contributed by atoms with E-state index in [9.17, 15) is 4.79 Å². The van der Waals surface area contributed by atoms with Crippen molar-refractivity contribution in [2.24, 2.45) is 0 Å². The van der Waals surface area contributed by atoms with E-state index in [0.717, 1.165) is 44.1 Å². The van der Waals surface area contributed by atoms with Crippen LogP contribution in [0.3, 0.4) is 0 Å². The molecule has 0 bridgehead atoms. The van der Waals surface area contributed by atoms with Crippen LogP contribution in [0.15, 0.2) is 84.6 Å². The van der Waals surface area contributed by atoms with E-state index in [0.29, 0.717) is 6.61 Å². The van der Waals surface area contributed by atoms with Crippen molar-refractivity contribution in [1.82, 2.24) is 0 Å². The van der Waals surface area contributed by atoms with Crippen molar-refractivity contribution in [3.8, 4) is 0 Å². The lowest BCUT2D eigenvalue weighted by Crippen LogP contribution is -1.99. The summed E-state index contributed by atoms with van der Waals surface area (Å²) in [6.07, 6.45) is 33.4. The van der Waals surface area contributed by atoms with E-state index < -0.39 is 0 Å². The van der Waals surface area contributed by atoms with E-state index >= 15 is 0 Å². The van der Waals surface area contributed by atoms with Gasteiger partial charge in [0.05, 0.1) is 6.61 Å². The second-order valence-corrected chi connectivity index (χ2v) is 6.01. The SMILES string of the molecule is CC/C=C\C/C=C\C/C=C\C/C=C\CC/C=C/C=C/C(C)=C/C(=O)OCC. The van der Waals surface area contributed by atoms with Gasteiger partial charge in [0.25, 0.3) is 0 Å². The fourth-order valence-electron chi connectivity index (χ4n) is 2.09. The summed E-state index contributed by atoms with van der Waals surface area (Å²) in [4.78, 5) is 11.3. The van der Waals surface area contributed by atoms with Crippen LogP contribution in [0.25, 0.3) is 0 Å². The molecule has 0 aliphatic heterocycles. The standard InChI is InChI=1S/C25H36O2/c1-4-6-7-8-9-10-11-12-13-14-15-16-17-18-19-20-21-22-24(3)23-25(26)27-5-2/h6-7,9-10,12-13,15-16,19-23H,4-5,8,11,14,17-18H2,1-3H3/b7-6-,10-9-,13-12-,16-15-,20-19+,22-21+,24-23+. The van der Waals surface area contributed by atoms with E-state index in [2.05, 4.69) is 61.6 Å². The summed E-state index contributed by atoms with van der Waals surface area (Å²) in [6.45, 7) is 6.25. The molecule has 2 nitrogen and oxygen atoms in total. The van der Waals surface area contributed by atoms with Crippen molar-refractivity contribution in [3.63, 3.8) is 0 Å². The molecule has 0 unspecified atom stereocenters. The molecule has 0 atom stereocenters. The Bertz CT molecular complexity index is 569. The Morgan fingerprint density at radius 2 is 1.30 bits per heavy atom. The number of hydrogen-bond acceptors (Lipinski definition) is 2. The summed E-state index contributed by atoms with van der Waals surface area (Å²) in [7, 11) is 0. The first-order valence-electron chi connectivity index (χ1n) is 9.98. The van der Waals surface area contributed by atoms with Gasteiger partial charge in [-0.3, -0.25) is 0 Å². The smallest absolute Gasteiger partial charge is 0.330 e. The Morgan fingerprint density at radius 3 is 1.89 bits per heavy atom. The number of esters is 1. The highest BCUT2D eigenvalue weighted by Crippen LogP contribution is 1.99. The molecule has 0 saturated carbocycles. The van der Waals surface area contributed by atoms with Gasteiger partial charge in [0.15, 0.2) is 0 Å². The van der Waals surface area contributed by atoms with E-state index in [1.807, 2.05) is 25.2 Å². The summed E-state index contributed by atoms with van der Waals surface area (Å²) in [5, 5.41) is 0. The zero-order valence-electron chi connectivity index (χ0n) is 17.3. The average molecular weight is 369 g/mol. The number of carbonyl (C=O) groups is 1. The Kier molecular flexibility index (Phi) is 18.2. The van der Waals surface area contributed by atoms with Crippen LogP contribution in [-0.2, 0) is 9.53 Å². The fraction of sp³-hybridized carbons (Fsp3) is 0.400. The quantitative estimate of drug-likeness (QED) is 0.107. The van der Waals surface area contributed by atoms with Gasteiger partial charge in [-0.25, -0.2) is 4.79 Å². The predicted octanol–water partition coefficient (Wildman–Crippen LogP) is 7.19. The first-order valence-corrected chi connectivity index (χ1v) is 9.98. The van der Waals surface area contributed by atoms with Crippen LogP contribution in [-0.4, -0.2) is 12.6 Å². The molecule has 0 heterocycles. The molecule has 0 N–H and O–H groups in total. The minimum Gasteiger partial charge on any atom is -0.463 e. The van der Waals surface area contributed by atoms with Crippen LogP contribution in [0.5, 0.6) is 0 Å². The molecule has 0 rings (SSSR count). The first kappa shape index (κ1) is 24.7. The van der Waals surface area contributed by atoms with Gasteiger partial charge in [0.1, 0.15) is 0 Å². The lowest BCUT2D eigenvalue weighted by atomic mass is 10.2. The Hall–Kier alpha value is -2.35. The van der Waals surface area contributed by atoms with Gasteiger partial charge >= 0.3 is 5.97 Å². The maximum atomic E-state index is 11.3. The number of carbonyl (C=O) groups excluding carboxylic acids is 1. The van der Waals surface area contributed by atoms with Gasteiger partial charge in [0.2, 0.25) is 0 Å². The van der Waals surface area contributed by atoms with Gasteiger partial charge in [-0.2, -0.15) is 0 Å². The maximum Gasteiger partial charge on any atom is 0.330 e. The van der Waals surface area contributed by atoms with E-state index in [1.165, 1.54) is 6.08 Å². The zero-order chi connectivity index (χ0) is 20.0. The van der Waals surface area contributed by atoms with Crippen LogP contribution in [0, 0.1) is 0 Å². The predicted molar refractivity (Wildman–Crippen MR) is 119 cm³/mol. The summed E-state index contributed by atoms with van der Waals surface area (Å²) in [5.41, 5.74) is 0.886. The summed E-state index contributed by atoms with van der Waals surface area (Å²) in [5.74, 6) is -0.289. The summed E-state index contributed by atoms with van der Waals surface area (Å²) < 4.78 is 4.86. The van der Waals surface area contributed by atoms with Crippen molar-refractivity contribution >= 4 is 5.97 Å². The molecule has 0 amide bonds. The number of ether oxygens (including phenoxy) is 1. The monoisotopic (exact) mass is 368 g/mol. The average Bonchev–Trinajstić information content (AvgIpc) is 2.64. The van der Waals surface area contributed by atoms with Gasteiger partial charge in [-0.05, 0) is 57.9 Å². The highest BCUT2D eigenvalue weighted by atomic mass is 16.5. The number of rotatable bonds is 14. The molecule has 2 heteroatoms. The third-order valence-electron chi connectivity index (χ3n) is 3.46. The molecule has 0 aliphatic carbocycles. The first-order chi connectivity index (χ1) is 13.2. The molecule has 0 radical (unpaired) electrons. The molecule has 148 valence electrons. The highest BCUT2D eigenvalue weighted by molar-refractivity contribution is 5.83. The highest BCUT2D eigenvalue weighted by Gasteiger charge is 1.94. The second kappa shape index (κ2) is 20.0. The Labute approximate surface area is 166 Å². The topological polar surface area (TPSA) is 26.3 Å². The molecule has 27 heavy (non-hydrogen) atoms. The van der Waals surface area contributed by atoms with Crippen molar-refractivity contribution in [1.29, 1.82) is 0 Å². The van der Waals surface area contributed by atoms with Gasteiger partial charge in [-0.1, -0.05) is 79.8 Å². The van der Waals surface area contributed by atoms with Crippen LogP contribution < -0.4 is 0 Å². The van der Waals surface area contributed by atoms with E-state index in [-0.39, 0.29) is 5.97 Å². The third-order valence-corrected chi connectivity index (χ3v) is 3.46. The molecule has 0 spiro atoms. The molecule has 0 fully saturated rings. The summed E-state index contributed by atoms with van der Waals surface area (Å²) >= 11 is 0. The lowest BCUT2D eigenvalue weighted by molar-refractivity contribution is -0.137. The van der Waals surface area contributed by atoms with Gasteiger partial charge in [-0.15, -0.1) is 0 Å². The molecular formula is C25H36O2.